The van der Waals surface area contributed by atoms with Crippen LogP contribution in [0.15, 0.2) is 12.4 Å². The summed E-state index contributed by atoms with van der Waals surface area (Å²) in [4.78, 5) is 10.4. The van der Waals surface area contributed by atoms with Crippen LogP contribution in [0.5, 0.6) is 5.88 Å². The van der Waals surface area contributed by atoms with Crippen LogP contribution in [0.1, 0.15) is 20.8 Å². The van der Waals surface area contributed by atoms with E-state index in [4.69, 9.17) is 16.3 Å². The average Bonchev–Trinajstić information content (AvgIpc) is 2.26. The zero-order valence-corrected chi connectivity index (χ0v) is 10.7. The molecule has 0 fully saturated rings. The molecule has 0 radical (unpaired) electrons. The highest BCUT2D eigenvalue weighted by Gasteiger charge is 2.12. The molecule has 5 heteroatoms. The molecule has 1 heterocycles. The molecule has 0 saturated heterocycles. The third kappa shape index (κ3) is 3.52. The Morgan fingerprint density at radius 3 is 2.75 bits per heavy atom. The van der Waals surface area contributed by atoms with Crippen LogP contribution in [-0.4, -0.2) is 35.0 Å². The zero-order valence-electron chi connectivity index (χ0n) is 9.98. The van der Waals surface area contributed by atoms with Gasteiger partial charge in [-0.15, -0.1) is 11.6 Å². The van der Waals surface area contributed by atoms with Crippen LogP contribution in [0.3, 0.4) is 0 Å². The Kier molecular flexibility index (Phi) is 5.32. The van der Waals surface area contributed by atoms with Crippen molar-refractivity contribution in [2.24, 2.45) is 0 Å². The molecule has 4 nitrogen and oxygen atoms in total. The molecule has 0 aliphatic carbocycles. The minimum atomic E-state index is 0.350. The summed E-state index contributed by atoms with van der Waals surface area (Å²) in [6.45, 7) is 7.51. The molecule has 0 atom stereocenters. The van der Waals surface area contributed by atoms with Gasteiger partial charge in [-0.2, -0.15) is 0 Å². The van der Waals surface area contributed by atoms with Crippen LogP contribution >= 0.6 is 11.6 Å². The number of alkyl halides is 1. The molecule has 0 amide bonds. The van der Waals surface area contributed by atoms with Crippen LogP contribution in [0.25, 0.3) is 0 Å². The normalized spacial score (nSPS) is 10.6. The number of halogens is 1. The van der Waals surface area contributed by atoms with Crippen molar-refractivity contribution in [1.29, 1.82) is 0 Å². The van der Waals surface area contributed by atoms with Gasteiger partial charge in [0.1, 0.15) is 12.1 Å². The van der Waals surface area contributed by atoms with Gasteiger partial charge in [0.05, 0.1) is 6.61 Å². The SMILES string of the molecule is CCOc1cc(N(CCCl)C(C)C)ncn1. The van der Waals surface area contributed by atoms with E-state index in [0.29, 0.717) is 24.4 Å². The Balaban J connectivity index is 2.86. The summed E-state index contributed by atoms with van der Waals surface area (Å²) in [5, 5.41) is 0. The second-order valence-corrected chi connectivity index (χ2v) is 4.00. The van der Waals surface area contributed by atoms with E-state index in [1.807, 2.05) is 13.0 Å². The van der Waals surface area contributed by atoms with Gasteiger partial charge in [0.25, 0.3) is 0 Å². The first kappa shape index (κ1) is 13.0. The molecule has 0 unspecified atom stereocenters. The van der Waals surface area contributed by atoms with E-state index in [9.17, 15) is 0 Å². The molecular formula is C11H18ClN3O. The van der Waals surface area contributed by atoms with Crippen molar-refractivity contribution in [3.05, 3.63) is 12.4 Å². The van der Waals surface area contributed by atoms with Gasteiger partial charge in [-0.25, -0.2) is 9.97 Å². The summed E-state index contributed by atoms with van der Waals surface area (Å²) in [5.41, 5.74) is 0. The fraction of sp³-hybridized carbons (Fsp3) is 0.636. The van der Waals surface area contributed by atoms with Gasteiger partial charge in [0.15, 0.2) is 0 Å². The standard InChI is InChI=1S/C11H18ClN3O/c1-4-16-11-7-10(13-8-14-11)15(6-5-12)9(2)3/h7-9H,4-6H2,1-3H3. The Morgan fingerprint density at radius 1 is 1.44 bits per heavy atom. The predicted octanol–water partition coefficient (Wildman–Crippen LogP) is 2.33. The quantitative estimate of drug-likeness (QED) is 0.719. The third-order valence-electron chi connectivity index (χ3n) is 2.16. The van der Waals surface area contributed by atoms with Gasteiger partial charge in [0.2, 0.25) is 5.88 Å². The first-order chi connectivity index (χ1) is 7.69. The van der Waals surface area contributed by atoms with Crippen molar-refractivity contribution in [3.63, 3.8) is 0 Å². The van der Waals surface area contributed by atoms with Crippen LogP contribution in [0, 0.1) is 0 Å². The first-order valence-electron chi connectivity index (χ1n) is 5.46. The topological polar surface area (TPSA) is 38.2 Å². The molecule has 0 aromatic carbocycles. The number of ether oxygens (including phenoxy) is 1. The van der Waals surface area contributed by atoms with E-state index in [1.54, 1.807) is 0 Å². The highest BCUT2D eigenvalue weighted by Crippen LogP contribution is 2.17. The van der Waals surface area contributed by atoms with Gasteiger partial charge >= 0.3 is 0 Å². The van der Waals surface area contributed by atoms with Crippen molar-refractivity contribution in [2.45, 2.75) is 26.8 Å². The van der Waals surface area contributed by atoms with Crippen molar-refractivity contribution in [3.8, 4) is 5.88 Å². The summed E-state index contributed by atoms with van der Waals surface area (Å²) in [5.74, 6) is 2.04. The molecule has 0 aliphatic rings. The average molecular weight is 244 g/mol. The molecule has 1 aromatic heterocycles. The van der Waals surface area contributed by atoms with Crippen molar-refractivity contribution >= 4 is 17.4 Å². The Labute approximate surface area is 102 Å². The minimum Gasteiger partial charge on any atom is -0.478 e. The smallest absolute Gasteiger partial charge is 0.218 e. The van der Waals surface area contributed by atoms with E-state index in [2.05, 4.69) is 28.7 Å². The second kappa shape index (κ2) is 6.53. The number of hydrogen-bond acceptors (Lipinski definition) is 4. The van der Waals surface area contributed by atoms with Crippen molar-refractivity contribution < 1.29 is 4.74 Å². The van der Waals surface area contributed by atoms with E-state index in [-0.39, 0.29) is 0 Å². The molecule has 16 heavy (non-hydrogen) atoms. The lowest BCUT2D eigenvalue weighted by Gasteiger charge is -2.26. The Hall–Kier alpha value is -1.03. The maximum Gasteiger partial charge on any atom is 0.218 e. The van der Waals surface area contributed by atoms with Gasteiger partial charge in [-0.05, 0) is 20.8 Å². The van der Waals surface area contributed by atoms with Crippen molar-refractivity contribution in [2.75, 3.05) is 23.9 Å². The highest BCUT2D eigenvalue weighted by atomic mass is 35.5. The third-order valence-corrected chi connectivity index (χ3v) is 2.33. The van der Waals surface area contributed by atoms with E-state index in [1.165, 1.54) is 6.33 Å². The van der Waals surface area contributed by atoms with Gasteiger partial charge < -0.3 is 9.64 Å². The molecule has 1 rings (SSSR count). The highest BCUT2D eigenvalue weighted by molar-refractivity contribution is 6.18. The largest absolute Gasteiger partial charge is 0.478 e. The monoisotopic (exact) mass is 243 g/mol. The van der Waals surface area contributed by atoms with Crippen LogP contribution in [0.2, 0.25) is 0 Å². The number of aromatic nitrogens is 2. The molecule has 0 saturated carbocycles. The fourth-order valence-corrected chi connectivity index (χ4v) is 1.62. The van der Waals surface area contributed by atoms with Crippen LogP contribution in [-0.2, 0) is 0 Å². The number of rotatable bonds is 6. The van der Waals surface area contributed by atoms with E-state index >= 15 is 0 Å². The number of nitrogens with zero attached hydrogens (tertiary/aromatic N) is 3. The lowest BCUT2D eigenvalue weighted by atomic mass is 10.3. The Morgan fingerprint density at radius 2 is 2.19 bits per heavy atom. The first-order valence-corrected chi connectivity index (χ1v) is 6.00. The van der Waals surface area contributed by atoms with E-state index < -0.39 is 0 Å². The van der Waals surface area contributed by atoms with Gasteiger partial charge in [0, 0.05) is 24.5 Å². The predicted molar refractivity (Wildman–Crippen MR) is 66.4 cm³/mol. The Bertz CT molecular complexity index is 320. The second-order valence-electron chi connectivity index (χ2n) is 3.62. The fourth-order valence-electron chi connectivity index (χ4n) is 1.44. The number of anilines is 1. The molecule has 0 N–H and O–H groups in total. The maximum atomic E-state index is 5.77. The van der Waals surface area contributed by atoms with Gasteiger partial charge in [-0.1, -0.05) is 0 Å². The minimum absolute atomic E-state index is 0.350. The lowest BCUT2D eigenvalue weighted by molar-refractivity contribution is 0.326. The van der Waals surface area contributed by atoms with Crippen LogP contribution < -0.4 is 9.64 Å². The van der Waals surface area contributed by atoms with Gasteiger partial charge in [-0.3, -0.25) is 0 Å². The molecule has 90 valence electrons. The van der Waals surface area contributed by atoms with Crippen LogP contribution in [0.4, 0.5) is 5.82 Å². The summed E-state index contributed by atoms with van der Waals surface area (Å²) < 4.78 is 5.34. The summed E-state index contributed by atoms with van der Waals surface area (Å²) in [6, 6.07) is 2.19. The summed E-state index contributed by atoms with van der Waals surface area (Å²) >= 11 is 5.77. The maximum absolute atomic E-state index is 5.77. The molecule has 0 spiro atoms. The lowest BCUT2D eigenvalue weighted by Crippen LogP contribution is -2.33. The van der Waals surface area contributed by atoms with Crippen molar-refractivity contribution in [1.82, 2.24) is 9.97 Å². The molecule has 0 bridgehead atoms. The molecule has 1 aromatic rings. The van der Waals surface area contributed by atoms with E-state index in [0.717, 1.165) is 12.4 Å². The number of hydrogen-bond donors (Lipinski definition) is 0. The molecular weight excluding hydrogens is 226 g/mol. The molecule has 0 aliphatic heterocycles. The zero-order chi connectivity index (χ0) is 12.0. The summed E-state index contributed by atoms with van der Waals surface area (Å²) in [7, 11) is 0. The summed E-state index contributed by atoms with van der Waals surface area (Å²) in [6.07, 6.45) is 1.52.